The fourth-order valence-electron chi connectivity index (χ4n) is 3.74. The molecule has 0 spiro atoms. The summed E-state index contributed by atoms with van der Waals surface area (Å²) < 4.78 is 20.6. The van der Waals surface area contributed by atoms with Crippen LogP contribution in [0, 0.1) is 5.82 Å². The van der Waals surface area contributed by atoms with Gasteiger partial charge in [0.2, 0.25) is 0 Å². The number of imide groups is 1. The molecule has 0 bridgehead atoms. The zero-order valence-electron chi connectivity index (χ0n) is 16.3. The Morgan fingerprint density at radius 2 is 2.06 bits per heavy atom. The normalized spacial score (nSPS) is 20.6. The van der Waals surface area contributed by atoms with Gasteiger partial charge in [0, 0.05) is 22.9 Å². The van der Waals surface area contributed by atoms with Crippen molar-refractivity contribution in [1.82, 2.24) is 20.1 Å². The summed E-state index contributed by atoms with van der Waals surface area (Å²) in [6.45, 7) is 0. The van der Waals surface area contributed by atoms with E-state index < -0.39 is 23.1 Å². The molecule has 3 amide bonds. The van der Waals surface area contributed by atoms with Gasteiger partial charge in [0.05, 0.1) is 48.0 Å². The second kappa shape index (κ2) is 7.24. The van der Waals surface area contributed by atoms with Crippen LogP contribution in [0.1, 0.15) is 5.56 Å². The van der Waals surface area contributed by atoms with Gasteiger partial charge in [-0.3, -0.25) is 14.5 Å². The molecule has 2 aliphatic heterocycles. The second-order valence-electron chi connectivity index (χ2n) is 7.04. The molecular weight excluding hydrogens is 445 g/mol. The quantitative estimate of drug-likeness (QED) is 0.646. The molecule has 2 aromatic heterocycles. The molecule has 5 rings (SSSR count). The van der Waals surface area contributed by atoms with E-state index in [1.807, 2.05) is 0 Å². The maximum atomic E-state index is 13.9. The molecule has 1 N–H and O–H groups in total. The van der Waals surface area contributed by atoms with Gasteiger partial charge >= 0.3 is 6.03 Å². The molecule has 2 atom stereocenters. The average Bonchev–Trinajstić information content (AvgIpc) is 3.33. The van der Waals surface area contributed by atoms with Crippen molar-refractivity contribution in [3.8, 4) is 5.75 Å². The summed E-state index contributed by atoms with van der Waals surface area (Å²) >= 11 is 7.50. The number of urea groups is 1. The molecule has 0 aliphatic carbocycles. The number of pyridine rings is 1. The summed E-state index contributed by atoms with van der Waals surface area (Å²) in [5.74, 6) is -0.916. The smallest absolute Gasteiger partial charge is 0.329 e. The lowest BCUT2D eigenvalue weighted by Crippen LogP contribution is -2.60. The predicted octanol–water partition coefficient (Wildman–Crippen LogP) is 3.35. The maximum absolute atomic E-state index is 13.9. The molecule has 4 heterocycles. The fraction of sp³-hybridized carbons (Fsp3) is 0.200. The largest absolute Gasteiger partial charge is 0.494 e. The third-order valence-corrected chi connectivity index (χ3v) is 6.94. The molecule has 8 nitrogen and oxygen atoms in total. The Balaban J connectivity index is 1.50. The van der Waals surface area contributed by atoms with Crippen molar-refractivity contribution >= 4 is 56.8 Å². The molecule has 3 aromatic rings. The van der Waals surface area contributed by atoms with E-state index in [1.165, 1.54) is 37.2 Å². The van der Waals surface area contributed by atoms with Crippen molar-refractivity contribution < 1.29 is 18.7 Å². The van der Waals surface area contributed by atoms with Gasteiger partial charge in [0.25, 0.3) is 5.91 Å². The average molecular weight is 460 g/mol. The third kappa shape index (κ3) is 3.05. The van der Waals surface area contributed by atoms with E-state index in [4.69, 9.17) is 16.3 Å². The first-order valence-electron chi connectivity index (χ1n) is 9.21. The van der Waals surface area contributed by atoms with E-state index in [1.54, 1.807) is 30.2 Å². The number of carbonyl (C=O) groups excluding carboxylic acids is 2. The lowest BCUT2D eigenvalue weighted by atomic mass is 10.1. The Morgan fingerprint density at radius 3 is 2.84 bits per heavy atom. The SMILES string of the molecule is COc1cc(C2=CC3NC(=O)N(c4cncc5c4cnn5C)C(=O)C3S2)c(Cl)cc1F. The molecule has 1 aromatic carbocycles. The summed E-state index contributed by atoms with van der Waals surface area (Å²) in [6.07, 6.45) is 6.44. The monoisotopic (exact) mass is 459 g/mol. The van der Waals surface area contributed by atoms with Crippen molar-refractivity contribution in [3.63, 3.8) is 0 Å². The highest BCUT2D eigenvalue weighted by Crippen LogP contribution is 2.45. The third-order valence-electron chi connectivity index (χ3n) is 5.27. The predicted molar refractivity (Wildman–Crippen MR) is 116 cm³/mol. The topological polar surface area (TPSA) is 89.3 Å². The zero-order valence-corrected chi connectivity index (χ0v) is 17.9. The van der Waals surface area contributed by atoms with E-state index in [2.05, 4.69) is 15.4 Å². The highest BCUT2D eigenvalue weighted by atomic mass is 35.5. The second-order valence-corrected chi connectivity index (χ2v) is 8.64. The molecule has 1 fully saturated rings. The van der Waals surface area contributed by atoms with Crippen LogP contribution in [0.25, 0.3) is 15.8 Å². The lowest BCUT2D eigenvalue weighted by molar-refractivity contribution is -0.118. The number of hydrogen-bond donors (Lipinski definition) is 1. The summed E-state index contributed by atoms with van der Waals surface area (Å²) in [5, 5.41) is 7.27. The Kier molecular flexibility index (Phi) is 4.63. The Labute approximate surface area is 185 Å². The van der Waals surface area contributed by atoms with Crippen molar-refractivity contribution in [2.75, 3.05) is 12.0 Å². The van der Waals surface area contributed by atoms with Crippen LogP contribution in [0.4, 0.5) is 14.9 Å². The van der Waals surface area contributed by atoms with Gasteiger partial charge in [-0.05, 0) is 18.2 Å². The van der Waals surface area contributed by atoms with Gasteiger partial charge in [0.15, 0.2) is 11.6 Å². The molecule has 2 aliphatic rings. The number of hydrogen-bond acceptors (Lipinski definition) is 6. The number of thioether (sulfide) groups is 1. The van der Waals surface area contributed by atoms with Crippen LogP contribution in [-0.4, -0.2) is 45.1 Å². The minimum atomic E-state index is -0.605. The Hall–Kier alpha value is -3.11. The number of nitrogens with zero attached hydrogens (tertiary/aromatic N) is 4. The first kappa shape index (κ1) is 19.8. The minimum absolute atomic E-state index is 0.0436. The van der Waals surface area contributed by atoms with Crippen LogP contribution in [-0.2, 0) is 11.8 Å². The summed E-state index contributed by atoms with van der Waals surface area (Å²) in [5.41, 5.74) is 1.59. The van der Waals surface area contributed by atoms with Crippen LogP contribution in [0.15, 0.2) is 36.8 Å². The highest BCUT2D eigenvalue weighted by molar-refractivity contribution is 8.09. The van der Waals surface area contributed by atoms with Crippen LogP contribution in [0.3, 0.4) is 0 Å². The van der Waals surface area contributed by atoms with Gasteiger partial charge in [0.1, 0.15) is 5.25 Å². The first-order chi connectivity index (χ1) is 14.9. The number of amides is 3. The number of aryl methyl sites for hydroxylation is 1. The van der Waals surface area contributed by atoms with Gasteiger partial charge in [-0.1, -0.05) is 11.6 Å². The first-order valence-corrected chi connectivity index (χ1v) is 10.5. The van der Waals surface area contributed by atoms with E-state index in [0.717, 1.165) is 4.90 Å². The molecular formula is C20H15ClFN5O3S. The number of fused-ring (bicyclic) bond motifs is 2. The molecule has 0 radical (unpaired) electrons. The number of ether oxygens (including phenoxy) is 1. The lowest BCUT2D eigenvalue weighted by Gasteiger charge is -2.33. The minimum Gasteiger partial charge on any atom is -0.494 e. The fourth-order valence-corrected chi connectivity index (χ4v) is 5.34. The molecule has 1 saturated heterocycles. The highest BCUT2D eigenvalue weighted by Gasteiger charge is 2.46. The number of methoxy groups -OCH3 is 1. The number of rotatable bonds is 3. The van der Waals surface area contributed by atoms with Crippen LogP contribution in [0.5, 0.6) is 5.75 Å². The number of anilines is 1. The van der Waals surface area contributed by atoms with E-state index in [0.29, 0.717) is 27.1 Å². The molecule has 11 heteroatoms. The van der Waals surface area contributed by atoms with Crippen molar-refractivity contribution in [2.45, 2.75) is 11.3 Å². The molecule has 2 unspecified atom stereocenters. The number of carbonyl (C=O) groups is 2. The molecule has 31 heavy (non-hydrogen) atoms. The van der Waals surface area contributed by atoms with Crippen LogP contribution < -0.4 is 15.0 Å². The summed E-state index contributed by atoms with van der Waals surface area (Å²) in [4.78, 5) is 32.1. The van der Waals surface area contributed by atoms with E-state index in [-0.39, 0.29) is 16.7 Å². The maximum Gasteiger partial charge on any atom is 0.329 e. The summed E-state index contributed by atoms with van der Waals surface area (Å²) in [6, 6.07) is 1.58. The number of halogens is 2. The standard InChI is InChI=1S/C20H15ClFN5O3S/c1-26-14-7-23-8-15(10(14)6-24-26)27-19(28)18-13(25-20(27)29)5-17(31-18)9-3-16(30-2)12(22)4-11(9)21/h3-8,13,18H,1-2H3,(H,25,29). The van der Waals surface area contributed by atoms with Crippen molar-refractivity contribution in [1.29, 1.82) is 0 Å². The van der Waals surface area contributed by atoms with Gasteiger partial charge in [-0.15, -0.1) is 11.8 Å². The van der Waals surface area contributed by atoms with Crippen LogP contribution >= 0.6 is 23.4 Å². The Morgan fingerprint density at radius 1 is 1.26 bits per heavy atom. The van der Waals surface area contributed by atoms with Gasteiger partial charge in [-0.25, -0.2) is 14.1 Å². The Bertz CT molecular complexity index is 1290. The number of nitrogens with one attached hydrogen (secondary N) is 1. The van der Waals surface area contributed by atoms with Gasteiger partial charge in [-0.2, -0.15) is 5.10 Å². The number of benzene rings is 1. The zero-order chi connectivity index (χ0) is 21.9. The van der Waals surface area contributed by atoms with Gasteiger partial charge < -0.3 is 10.1 Å². The summed E-state index contributed by atoms with van der Waals surface area (Å²) in [7, 11) is 3.12. The molecule has 158 valence electrons. The van der Waals surface area contributed by atoms with E-state index >= 15 is 0 Å². The number of aromatic nitrogens is 3. The van der Waals surface area contributed by atoms with Crippen molar-refractivity contribution in [2.24, 2.45) is 7.05 Å². The van der Waals surface area contributed by atoms with Crippen LogP contribution in [0.2, 0.25) is 5.02 Å². The molecule has 0 saturated carbocycles. The van der Waals surface area contributed by atoms with Crippen molar-refractivity contribution in [3.05, 3.63) is 53.2 Å². The van der Waals surface area contributed by atoms with E-state index in [9.17, 15) is 14.0 Å².